The lowest BCUT2D eigenvalue weighted by Gasteiger charge is -2.19. The smallest absolute Gasteiger partial charge is 0.326 e. The Labute approximate surface area is 101 Å². The molecule has 0 radical (unpaired) electrons. The van der Waals surface area contributed by atoms with Crippen molar-refractivity contribution in [3.63, 3.8) is 0 Å². The van der Waals surface area contributed by atoms with Gasteiger partial charge < -0.3 is 21.5 Å². The molecule has 98 valence electrons. The third-order valence-electron chi connectivity index (χ3n) is 2.07. The fraction of sp³-hybridized carbons (Fsp3) is 0.636. The van der Waals surface area contributed by atoms with Gasteiger partial charge >= 0.3 is 5.97 Å². The first-order valence-electron chi connectivity index (χ1n) is 5.50. The van der Waals surface area contributed by atoms with Crippen LogP contribution in [0.5, 0.6) is 0 Å². The molecule has 1 amide bonds. The molecule has 0 spiro atoms. The summed E-state index contributed by atoms with van der Waals surface area (Å²) in [5.74, 6) is -0.969. The van der Waals surface area contributed by atoms with Gasteiger partial charge in [-0.15, -0.1) is 0 Å². The highest BCUT2D eigenvalue weighted by Gasteiger charge is 2.18. The number of rotatable bonds is 8. The van der Waals surface area contributed by atoms with Crippen molar-refractivity contribution in [2.75, 3.05) is 13.1 Å². The van der Waals surface area contributed by atoms with Gasteiger partial charge in [0, 0.05) is 5.70 Å². The van der Waals surface area contributed by atoms with E-state index in [4.69, 9.17) is 10.8 Å². The lowest BCUT2D eigenvalue weighted by molar-refractivity contribution is -0.139. The van der Waals surface area contributed by atoms with Crippen LogP contribution in [0.25, 0.3) is 0 Å². The normalized spacial score (nSPS) is 12.0. The third-order valence-corrected chi connectivity index (χ3v) is 2.07. The minimum atomic E-state index is -0.926. The van der Waals surface area contributed by atoms with Crippen LogP contribution in [0.4, 0.5) is 0 Å². The topological polar surface area (TPSA) is 104 Å². The molecule has 0 aliphatic rings. The number of carbonyl (C=O) groups excluding carboxylic acids is 1. The van der Waals surface area contributed by atoms with E-state index in [0.29, 0.717) is 12.1 Å². The zero-order chi connectivity index (χ0) is 13.4. The number of nitrogens with two attached hydrogens (primary N) is 1. The van der Waals surface area contributed by atoms with E-state index in [1.807, 2.05) is 13.8 Å². The van der Waals surface area contributed by atoms with Crippen molar-refractivity contribution in [3.8, 4) is 0 Å². The highest BCUT2D eigenvalue weighted by molar-refractivity contribution is 5.78. The van der Waals surface area contributed by atoms with Gasteiger partial charge in [-0.2, -0.15) is 0 Å². The van der Waals surface area contributed by atoms with Crippen LogP contribution in [0.2, 0.25) is 0 Å². The second-order valence-corrected chi connectivity index (χ2v) is 4.25. The lowest BCUT2D eigenvalue weighted by atomic mass is 10.0. The number of hydrogen-bond acceptors (Lipinski definition) is 4. The van der Waals surface area contributed by atoms with Gasteiger partial charge in [-0.25, -0.2) is 4.79 Å². The molecule has 17 heavy (non-hydrogen) atoms. The van der Waals surface area contributed by atoms with Crippen LogP contribution in [0.1, 0.15) is 20.3 Å². The van der Waals surface area contributed by atoms with Crippen LogP contribution in [-0.4, -0.2) is 36.1 Å². The summed E-state index contributed by atoms with van der Waals surface area (Å²) in [4.78, 5) is 21.8. The Morgan fingerprint density at radius 1 is 1.41 bits per heavy atom. The second kappa shape index (κ2) is 7.67. The van der Waals surface area contributed by atoms with Crippen molar-refractivity contribution in [3.05, 3.63) is 12.3 Å². The minimum absolute atomic E-state index is 0.0956. The first-order valence-corrected chi connectivity index (χ1v) is 5.50. The van der Waals surface area contributed by atoms with Crippen molar-refractivity contribution in [2.45, 2.75) is 26.3 Å². The van der Waals surface area contributed by atoms with Crippen molar-refractivity contribution in [1.82, 2.24) is 10.6 Å². The van der Waals surface area contributed by atoms with E-state index in [1.165, 1.54) is 0 Å². The molecule has 0 saturated carbocycles. The second-order valence-electron chi connectivity index (χ2n) is 4.25. The Kier molecular flexibility index (Phi) is 6.97. The largest absolute Gasteiger partial charge is 0.480 e. The zero-order valence-corrected chi connectivity index (χ0v) is 10.3. The maximum Gasteiger partial charge on any atom is 0.326 e. The van der Waals surface area contributed by atoms with E-state index in [0.717, 1.165) is 0 Å². The predicted octanol–water partition coefficient (Wildman–Crippen LogP) is -0.336. The average Bonchev–Trinajstić information content (AvgIpc) is 2.24. The Bertz CT molecular complexity index is 290. The van der Waals surface area contributed by atoms with E-state index >= 15 is 0 Å². The summed E-state index contributed by atoms with van der Waals surface area (Å²) in [6, 6.07) is -0.683. The van der Waals surface area contributed by atoms with Gasteiger partial charge in [0.2, 0.25) is 5.91 Å². The average molecular weight is 243 g/mol. The monoisotopic (exact) mass is 243 g/mol. The molecule has 0 fully saturated rings. The standard InChI is InChI=1S/C11H21N3O3/c1-7(2)4-9(11(16)17)14-8(3)6-13-10(15)5-12/h7,9,14H,3-6,12H2,1-2H3,(H,13,15)(H,16,17)/t9-/m1/s1. The van der Waals surface area contributed by atoms with Crippen LogP contribution >= 0.6 is 0 Å². The Hall–Kier alpha value is -1.56. The van der Waals surface area contributed by atoms with Crippen LogP contribution in [0, 0.1) is 5.92 Å². The summed E-state index contributed by atoms with van der Waals surface area (Å²) >= 11 is 0. The quantitative estimate of drug-likeness (QED) is 0.467. The fourth-order valence-electron chi connectivity index (χ4n) is 1.27. The molecule has 1 atom stereocenters. The third kappa shape index (κ3) is 7.35. The number of carboxylic acids is 1. The number of nitrogens with one attached hydrogen (secondary N) is 2. The summed E-state index contributed by atoms with van der Waals surface area (Å²) in [6.45, 7) is 7.63. The van der Waals surface area contributed by atoms with E-state index in [9.17, 15) is 9.59 Å². The molecule has 0 aromatic carbocycles. The SMILES string of the molecule is C=C(CNC(=O)CN)N[C@H](CC(C)C)C(=O)O. The maximum absolute atomic E-state index is 11.0. The first kappa shape index (κ1) is 15.4. The number of carboxylic acid groups (broad SMARTS) is 1. The summed E-state index contributed by atoms with van der Waals surface area (Å²) in [7, 11) is 0. The molecule has 6 heteroatoms. The molecule has 0 unspecified atom stereocenters. The van der Waals surface area contributed by atoms with E-state index < -0.39 is 12.0 Å². The highest BCUT2D eigenvalue weighted by Crippen LogP contribution is 2.06. The molecular weight excluding hydrogens is 222 g/mol. The summed E-state index contributed by atoms with van der Waals surface area (Å²) in [6.07, 6.45) is 0.499. The van der Waals surface area contributed by atoms with Gasteiger partial charge in [-0.3, -0.25) is 4.79 Å². The van der Waals surface area contributed by atoms with Gasteiger partial charge in [0.25, 0.3) is 0 Å². The lowest BCUT2D eigenvalue weighted by Crippen LogP contribution is -2.41. The van der Waals surface area contributed by atoms with E-state index in [-0.39, 0.29) is 24.9 Å². The van der Waals surface area contributed by atoms with Gasteiger partial charge in [0.05, 0.1) is 13.1 Å². The van der Waals surface area contributed by atoms with Crippen molar-refractivity contribution < 1.29 is 14.7 Å². The van der Waals surface area contributed by atoms with Crippen LogP contribution in [0.3, 0.4) is 0 Å². The molecule has 0 rings (SSSR count). The molecular formula is C11H21N3O3. The predicted molar refractivity (Wildman–Crippen MR) is 65.2 cm³/mol. The van der Waals surface area contributed by atoms with E-state index in [1.54, 1.807) is 0 Å². The number of aliphatic carboxylic acids is 1. The molecule has 0 aromatic rings. The van der Waals surface area contributed by atoms with Gasteiger partial charge in [0.15, 0.2) is 0 Å². The van der Waals surface area contributed by atoms with Crippen LogP contribution < -0.4 is 16.4 Å². The number of amides is 1. The fourth-order valence-corrected chi connectivity index (χ4v) is 1.27. The minimum Gasteiger partial charge on any atom is -0.480 e. The highest BCUT2D eigenvalue weighted by atomic mass is 16.4. The molecule has 0 heterocycles. The summed E-state index contributed by atoms with van der Waals surface area (Å²) in [5, 5.41) is 14.3. The van der Waals surface area contributed by atoms with Crippen molar-refractivity contribution in [2.24, 2.45) is 11.7 Å². The Balaban J connectivity index is 4.13. The van der Waals surface area contributed by atoms with E-state index in [2.05, 4.69) is 17.2 Å². The summed E-state index contributed by atoms with van der Waals surface area (Å²) in [5.41, 5.74) is 5.58. The molecule has 6 nitrogen and oxygen atoms in total. The molecule has 0 bridgehead atoms. The van der Waals surface area contributed by atoms with Gasteiger partial charge in [-0.05, 0) is 12.3 Å². The molecule has 5 N–H and O–H groups in total. The molecule has 0 saturated heterocycles. The number of hydrogen-bond donors (Lipinski definition) is 4. The van der Waals surface area contributed by atoms with Crippen LogP contribution in [-0.2, 0) is 9.59 Å². The van der Waals surface area contributed by atoms with Crippen molar-refractivity contribution in [1.29, 1.82) is 0 Å². The zero-order valence-electron chi connectivity index (χ0n) is 10.3. The maximum atomic E-state index is 11.0. The molecule has 0 aromatic heterocycles. The van der Waals surface area contributed by atoms with Gasteiger partial charge in [0.1, 0.15) is 6.04 Å². The Morgan fingerprint density at radius 2 is 2.00 bits per heavy atom. The molecule has 0 aliphatic heterocycles. The molecule has 0 aliphatic carbocycles. The summed E-state index contributed by atoms with van der Waals surface area (Å²) < 4.78 is 0. The first-order chi connectivity index (χ1) is 7.86. The van der Waals surface area contributed by atoms with Gasteiger partial charge in [-0.1, -0.05) is 20.4 Å². The van der Waals surface area contributed by atoms with Crippen LogP contribution in [0.15, 0.2) is 12.3 Å². The Morgan fingerprint density at radius 3 is 2.41 bits per heavy atom. The number of carbonyl (C=O) groups is 2. The van der Waals surface area contributed by atoms with Crippen molar-refractivity contribution >= 4 is 11.9 Å².